The number of hydrogen-bond acceptors (Lipinski definition) is 3. The van der Waals surface area contributed by atoms with Crippen LogP contribution in [0.25, 0.3) is 0 Å². The first-order chi connectivity index (χ1) is 7.02. The Kier molecular flexibility index (Phi) is 4.54. The number of amides is 1. The molecule has 15 heavy (non-hydrogen) atoms. The molecule has 1 aliphatic heterocycles. The van der Waals surface area contributed by atoms with Gasteiger partial charge in [-0.15, -0.1) is 0 Å². The van der Waals surface area contributed by atoms with E-state index in [1.807, 2.05) is 19.0 Å². The highest BCUT2D eigenvalue weighted by Crippen LogP contribution is 2.09. The van der Waals surface area contributed by atoms with Gasteiger partial charge in [0.05, 0.1) is 19.3 Å². The molecule has 4 heteroatoms. The molecule has 0 bridgehead atoms. The maximum Gasteiger partial charge on any atom is 0.224 e. The molecule has 1 amide bonds. The Morgan fingerprint density at radius 2 is 2.00 bits per heavy atom. The highest BCUT2D eigenvalue weighted by Gasteiger charge is 2.26. The molecule has 0 atom stereocenters. The summed E-state index contributed by atoms with van der Waals surface area (Å²) in [5.74, 6) is 0.218. The number of nitrogens with zero attached hydrogens (tertiary/aromatic N) is 2. The third kappa shape index (κ3) is 3.47. The molecule has 0 N–H and O–H groups in total. The van der Waals surface area contributed by atoms with Crippen molar-refractivity contribution in [1.29, 1.82) is 0 Å². The van der Waals surface area contributed by atoms with Gasteiger partial charge in [0.1, 0.15) is 0 Å². The molecular formula is C11H22N2O2. The molecule has 1 aliphatic rings. The predicted molar refractivity (Wildman–Crippen MR) is 59.8 cm³/mol. The number of hydrogen-bond donors (Lipinski definition) is 0. The maximum absolute atomic E-state index is 11.7. The molecule has 1 heterocycles. The number of likely N-dealkylation sites (N-methyl/N-ethyl adjacent to an activating group) is 1. The van der Waals surface area contributed by atoms with E-state index in [1.54, 1.807) is 0 Å². The van der Waals surface area contributed by atoms with Crippen LogP contribution in [-0.2, 0) is 9.53 Å². The van der Waals surface area contributed by atoms with Gasteiger partial charge in [-0.05, 0) is 20.9 Å². The number of ether oxygens (including phenoxy) is 1. The van der Waals surface area contributed by atoms with Crippen molar-refractivity contribution in [3.05, 3.63) is 0 Å². The molecule has 0 radical (unpaired) electrons. The van der Waals surface area contributed by atoms with Gasteiger partial charge in [0, 0.05) is 26.1 Å². The summed E-state index contributed by atoms with van der Waals surface area (Å²) >= 11 is 0. The lowest BCUT2D eigenvalue weighted by Crippen LogP contribution is -2.50. The molecule has 0 aliphatic carbocycles. The van der Waals surface area contributed by atoms with Crippen molar-refractivity contribution < 1.29 is 9.53 Å². The molecule has 1 rings (SSSR count). The van der Waals surface area contributed by atoms with E-state index in [-0.39, 0.29) is 5.91 Å². The predicted octanol–water partition coefficient (Wildman–Crippen LogP) is 0.574. The van der Waals surface area contributed by atoms with Crippen molar-refractivity contribution >= 4 is 5.91 Å². The average molecular weight is 214 g/mol. The summed E-state index contributed by atoms with van der Waals surface area (Å²) in [7, 11) is 3.91. The van der Waals surface area contributed by atoms with Crippen LogP contribution in [0.1, 0.15) is 20.3 Å². The largest absolute Gasteiger partial charge is 0.377 e. The SMILES string of the molecule is CC(C)N(C)CCC(=O)N(C)C1COC1. The van der Waals surface area contributed by atoms with Gasteiger partial charge in [-0.3, -0.25) is 4.79 Å². The van der Waals surface area contributed by atoms with E-state index in [9.17, 15) is 4.79 Å². The Morgan fingerprint density at radius 3 is 2.40 bits per heavy atom. The molecule has 4 nitrogen and oxygen atoms in total. The van der Waals surface area contributed by atoms with E-state index in [0.717, 1.165) is 6.54 Å². The van der Waals surface area contributed by atoms with Crippen molar-refractivity contribution in [2.75, 3.05) is 33.9 Å². The lowest BCUT2D eigenvalue weighted by Gasteiger charge is -2.35. The fraction of sp³-hybridized carbons (Fsp3) is 0.909. The zero-order valence-corrected chi connectivity index (χ0v) is 10.2. The Labute approximate surface area is 92.2 Å². The van der Waals surface area contributed by atoms with Crippen LogP contribution in [0.5, 0.6) is 0 Å². The number of carbonyl (C=O) groups excluding carboxylic acids is 1. The molecule has 0 aromatic carbocycles. The van der Waals surface area contributed by atoms with E-state index in [1.165, 1.54) is 0 Å². The van der Waals surface area contributed by atoms with Gasteiger partial charge in [-0.25, -0.2) is 0 Å². The molecule has 0 saturated carbocycles. The minimum absolute atomic E-state index is 0.218. The fourth-order valence-corrected chi connectivity index (χ4v) is 1.36. The van der Waals surface area contributed by atoms with Crippen molar-refractivity contribution in [3.8, 4) is 0 Å². The second-order valence-electron chi connectivity index (χ2n) is 4.52. The van der Waals surface area contributed by atoms with Crippen LogP contribution < -0.4 is 0 Å². The molecule has 88 valence electrons. The Balaban J connectivity index is 2.22. The van der Waals surface area contributed by atoms with Crippen LogP contribution in [0.2, 0.25) is 0 Å². The van der Waals surface area contributed by atoms with Crippen LogP contribution >= 0.6 is 0 Å². The van der Waals surface area contributed by atoms with Crippen LogP contribution in [0, 0.1) is 0 Å². The first-order valence-corrected chi connectivity index (χ1v) is 5.56. The van der Waals surface area contributed by atoms with Gasteiger partial charge in [-0.1, -0.05) is 0 Å². The molecule has 0 aromatic rings. The second-order valence-corrected chi connectivity index (χ2v) is 4.52. The number of carbonyl (C=O) groups is 1. The maximum atomic E-state index is 11.7. The summed E-state index contributed by atoms with van der Waals surface area (Å²) in [6.45, 7) is 6.49. The quantitative estimate of drug-likeness (QED) is 0.671. The number of rotatable bonds is 5. The smallest absolute Gasteiger partial charge is 0.224 e. The highest BCUT2D eigenvalue weighted by atomic mass is 16.5. The Bertz CT molecular complexity index is 215. The summed E-state index contributed by atoms with van der Waals surface area (Å²) in [4.78, 5) is 15.7. The van der Waals surface area contributed by atoms with E-state index in [4.69, 9.17) is 4.74 Å². The molecule has 0 unspecified atom stereocenters. The zero-order chi connectivity index (χ0) is 11.4. The summed E-state index contributed by atoms with van der Waals surface area (Å²) < 4.78 is 5.07. The van der Waals surface area contributed by atoms with Gasteiger partial charge < -0.3 is 14.5 Å². The first kappa shape index (κ1) is 12.5. The van der Waals surface area contributed by atoms with Crippen LogP contribution in [0.15, 0.2) is 0 Å². The van der Waals surface area contributed by atoms with E-state index in [2.05, 4.69) is 18.7 Å². The van der Waals surface area contributed by atoms with E-state index < -0.39 is 0 Å². The van der Waals surface area contributed by atoms with E-state index in [0.29, 0.717) is 31.7 Å². The van der Waals surface area contributed by atoms with E-state index >= 15 is 0 Å². The monoisotopic (exact) mass is 214 g/mol. The molecule has 1 fully saturated rings. The van der Waals surface area contributed by atoms with Gasteiger partial charge in [-0.2, -0.15) is 0 Å². The van der Waals surface area contributed by atoms with Crippen LogP contribution in [0.3, 0.4) is 0 Å². The van der Waals surface area contributed by atoms with Crippen molar-refractivity contribution in [3.63, 3.8) is 0 Å². The minimum Gasteiger partial charge on any atom is -0.377 e. The lowest BCUT2D eigenvalue weighted by molar-refractivity contribution is -0.142. The van der Waals surface area contributed by atoms with Crippen LogP contribution in [-0.4, -0.2) is 61.6 Å². The van der Waals surface area contributed by atoms with Crippen molar-refractivity contribution in [1.82, 2.24) is 9.80 Å². The molecule has 0 spiro atoms. The lowest BCUT2D eigenvalue weighted by atomic mass is 10.2. The molecule has 1 saturated heterocycles. The standard InChI is InChI=1S/C11H22N2O2/c1-9(2)12(3)6-5-11(14)13(4)10-7-15-8-10/h9-10H,5-8H2,1-4H3. The molecule has 0 aromatic heterocycles. The Hall–Kier alpha value is -0.610. The first-order valence-electron chi connectivity index (χ1n) is 5.56. The summed E-state index contributed by atoms with van der Waals surface area (Å²) in [6.07, 6.45) is 0.599. The minimum atomic E-state index is 0.218. The van der Waals surface area contributed by atoms with Gasteiger partial charge in [0.2, 0.25) is 5.91 Å². The highest BCUT2D eigenvalue weighted by molar-refractivity contribution is 5.76. The van der Waals surface area contributed by atoms with Gasteiger partial charge in [0.15, 0.2) is 0 Å². The zero-order valence-electron chi connectivity index (χ0n) is 10.2. The summed E-state index contributed by atoms with van der Waals surface area (Å²) in [6, 6.07) is 0.803. The normalized spacial score (nSPS) is 16.9. The van der Waals surface area contributed by atoms with Gasteiger partial charge >= 0.3 is 0 Å². The third-order valence-corrected chi connectivity index (χ3v) is 3.12. The molecular weight excluding hydrogens is 192 g/mol. The summed E-state index contributed by atoms with van der Waals surface area (Å²) in [5, 5.41) is 0. The van der Waals surface area contributed by atoms with Crippen molar-refractivity contribution in [2.24, 2.45) is 0 Å². The fourth-order valence-electron chi connectivity index (χ4n) is 1.36. The average Bonchev–Trinajstić information content (AvgIpc) is 2.10. The third-order valence-electron chi connectivity index (χ3n) is 3.12. The van der Waals surface area contributed by atoms with Crippen molar-refractivity contribution in [2.45, 2.75) is 32.4 Å². The van der Waals surface area contributed by atoms with Gasteiger partial charge in [0.25, 0.3) is 0 Å². The summed E-state index contributed by atoms with van der Waals surface area (Å²) in [5.41, 5.74) is 0. The Morgan fingerprint density at radius 1 is 1.40 bits per heavy atom. The van der Waals surface area contributed by atoms with Crippen LogP contribution in [0.4, 0.5) is 0 Å². The second kappa shape index (κ2) is 5.47. The topological polar surface area (TPSA) is 32.8 Å².